The second-order valence-corrected chi connectivity index (χ2v) is 4.62. The summed E-state index contributed by atoms with van der Waals surface area (Å²) in [5.41, 5.74) is 1.89. The summed E-state index contributed by atoms with van der Waals surface area (Å²) in [6.45, 7) is 1.10. The van der Waals surface area contributed by atoms with Gasteiger partial charge in [-0.3, -0.25) is 0 Å². The van der Waals surface area contributed by atoms with Crippen LogP contribution < -0.4 is 10.1 Å². The maximum absolute atomic E-state index is 13.3. The number of benzene rings is 2. The molecule has 0 heterocycles. The van der Waals surface area contributed by atoms with Crippen LogP contribution in [0.2, 0.25) is 5.02 Å². The molecule has 1 N–H and O–H groups in total. The molecule has 0 aromatic heterocycles. The molecule has 0 radical (unpaired) electrons. The van der Waals surface area contributed by atoms with Crippen LogP contribution in [-0.4, -0.2) is 7.05 Å². The van der Waals surface area contributed by atoms with Crippen molar-refractivity contribution in [2.45, 2.75) is 13.2 Å². The Morgan fingerprint density at radius 2 is 2.00 bits per heavy atom. The molecule has 0 spiro atoms. The van der Waals surface area contributed by atoms with Gasteiger partial charge < -0.3 is 10.1 Å². The summed E-state index contributed by atoms with van der Waals surface area (Å²) in [6, 6.07) is 12.5. The maximum Gasteiger partial charge on any atom is 0.142 e. The molecule has 0 atom stereocenters. The van der Waals surface area contributed by atoms with E-state index >= 15 is 0 Å². The zero-order valence-electron chi connectivity index (χ0n) is 10.6. The molecule has 0 aliphatic rings. The molecule has 19 heavy (non-hydrogen) atoms. The molecule has 100 valence electrons. The number of hydrogen-bond donors (Lipinski definition) is 1. The summed E-state index contributed by atoms with van der Waals surface area (Å²) in [6.07, 6.45) is 0. The van der Waals surface area contributed by atoms with Gasteiger partial charge in [0.15, 0.2) is 0 Å². The van der Waals surface area contributed by atoms with Crippen molar-refractivity contribution >= 4 is 11.6 Å². The molecule has 2 aromatic carbocycles. The van der Waals surface area contributed by atoms with E-state index < -0.39 is 5.82 Å². The number of rotatable bonds is 5. The molecule has 0 amide bonds. The Morgan fingerprint density at radius 3 is 2.74 bits per heavy atom. The van der Waals surface area contributed by atoms with E-state index in [1.165, 1.54) is 12.1 Å². The summed E-state index contributed by atoms with van der Waals surface area (Å²) in [5.74, 6) is 0.342. The number of ether oxygens (including phenoxy) is 1. The van der Waals surface area contributed by atoms with Crippen molar-refractivity contribution in [2.75, 3.05) is 7.05 Å². The van der Waals surface area contributed by atoms with Crippen LogP contribution in [0.15, 0.2) is 42.5 Å². The van der Waals surface area contributed by atoms with Crippen molar-refractivity contribution in [3.8, 4) is 5.75 Å². The highest BCUT2D eigenvalue weighted by Gasteiger charge is 2.02. The zero-order valence-corrected chi connectivity index (χ0v) is 11.4. The first-order valence-electron chi connectivity index (χ1n) is 5.99. The molecule has 0 bridgehead atoms. The number of hydrogen-bond acceptors (Lipinski definition) is 2. The molecule has 0 aliphatic carbocycles. The molecule has 0 fully saturated rings. The fourth-order valence-electron chi connectivity index (χ4n) is 1.75. The third kappa shape index (κ3) is 3.94. The topological polar surface area (TPSA) is 21.3 Å². The van der Waals surface area contributed by atoms with Crippen LogP contribution in [-0.2, 0) is 13.2 Å². The SMILES string of the molecule is CNCc1cccc(OCc2ccc(Cl)c(F)c2)c1. The van der Waals surface area contributed by atoms with Gasteiger partial charge in [0, 0.05) is 6.54 Å². The maximum atomic E-state index is 13.3. The van der Waals surface area contributed by atoms with E-state index in [4.69, 9.17) is 16.3 Å². The number of halogens is 2. The van der Waals surface area contributed by atoms with E-state index in [2.05, 4.69) is 5.32 Å². The number of nitrogens with one attached hydrogen (secondary N) is 1. The van der Waals surface area contributed by atoms with Crippen molar-refractivity contribution in [1.82, 2.24) is 5.32 Å². The summed E-state index contributed by atoms with van der Waals surface area (Å²) in [7, 11) is 1.89. The second-order valence-electron chi connectivity index (χ2n) is 4.21. The Labute approximate surface area is 117 Å². The van der Waals surface area contributed by atoms with Gasteiger partial charge in [-0.05, 0) is 42.4 Å². The summed E-state index contributed by atoms with van der Waals surface area (Å²) in [5, 5.41) is 3.20. The van der Waals surface area contributed by atoms with E-state index in [-0.39, 0.29) is 5.02 Å². The summed E-state index contributed by atoms with van der Waals surface area (Å²) >= 11 is 5.63. The first-order chi connectivity index (χ1) is 9.19. The Balaban J connectivity index is 2.01. The standard InChI is InChI=1S/C15H15ClFNO/c1-18-9-11-3-2-4-13(7-11)19-10-12-5-6-14(16)15(17)8-12/h2-8,18H,9-10H2,1H3. The van der Waals surface area contributed by atoms with Crippen molar-refractivity contribution in [2.24, 2.45) is 0 Å². The highest BCUT2D eigenvalue weighted by atomic mass is 35.5. The Kier molecular flexibility index (Phi) is 4.77. The first-order valence-corrected chi connectivity index (χ1v) is 6.37. The minimum atomic E-state index is -0.424. The normalized spacial score (nSPS) is 10.5. The van der Waals surface area contributed by atoms with Gasteiger partial charge in [-0.1, -0.05) is 29.8 Å². The van der Waals surface area contributed by atoms with Crippen molar-refractivity contribution in [3.05, 3.63) is 64.4 Å². The molecule has 2 aromatic rings. The first kappa shape index (κ1) is 13.8. The van der Waals surface area contributed by atoms with Gasteiger partial charge >= 0.3 is 0 Å². The smallest absolute Gasteiger partial charge is 0.142 e. The third-order valence-electron chi connectivity index (χ3n) is 2.67. The third-order valence-corrected chi connectivity index (χ3v) is 2.98. The van der Waals surface area contributed by atoms with E-state index in [1.807, 2.05) is 31.3 Å². The average Bonchev–Trinajstić information content (AvgIpc) is 2.41. The van der Waals surface area contributed by atoms with Crippen molar-refractivity contribution in [1.29, 1.82) is 0 Å². The molecule has 0 unspecified atom stereocenters. The fraction of sp³-hybridized carbons (Fsp3) is 0.200. The average molecular weight is 280 g/mol. The van der Waals surface area contributed by atoms with E-state index in [0.717, 1.165) is 23.4 Å². The van der Waals surface area contributed by atoms with E-state index in [9.17, 15) is 4.39 Å². The van der Waals surface area contributed by atoms with E-state index in [0.29, 0.717) is 6.61 Å². The van der Waals surface area contributed by atoms with Crippen molar-refractivity contribution < 1.29 is 9.13 Å². The van der Waals surface area contributed by atoms with Gasteiger partial charge in [0.2, 0.25) is 0 Å². The molecule has 0 saturated carbocycles. The van der Waals surface area contributed by atoms with Crippen LogP contribution in [0.5, 0.6) is 5.75 Å². The molecule has 2 rings (SSSR count). The van der Waals surface area contributed by atoms with Crippen LogP contribution in [0.3, 0.4) is 0 Å². The van der Waals surface area contributed by atoms with Gasteiger partial charge in [-0.15, -0.1) is 0 Å². The summed E-state index contributed by atoms with van der Waals surface area (Å²) < 4.78 is 18.9. The van der Waals surface area contributed by atoms with E-state index in [1.54, 1.807) is 6.07 Å². The predicted octanol–water partition coefficient (Wildman–Crippen LogP) is 3.78. The minimum absolute atomic E-state index is 0.125. The highest BCUT2D eigenvalue weighted by Crippen LogP contribution is 2.18. The molecule has 0 aliphatic heterocycles. The highest BCUT2D eigenvalue weighted by molar-refractivity contribution is 6.30. The molecular formula is C15H15ClFNO. The Hall–Kier alpha value is -1.58. The molecule has 2 nitrogen and oxygen atoms in total. The monoisotopic (exact) mass is 279 g/mol. The van der Waals surface area contributed by atoms with Crippen LogP contribution >= 0.6 is 11.6 Å². The van der Waals surface area contributed by atoms with Gasteiger partial charge in [-0.2, -0.15) is 0 Å². The summed E-state index contributed by atoms with van der Waals surface area (Å²) in [4.78, 5) is 0. The fourth-order valence-corrected chi connectivity index (χ4v) is 1.86. The van der Waals surface area contributed by atoms with Gasteiger partial charge in [-0.25, -0.2) is 4.39 Å². The lowest BCUT2D eigenvalue weighted by Crippen LogP contribution is -2.05. The van der Waals surface area contributed by atoms with Crippen LogP contribution in [0, 0.1) is 5.82 Å². The van der Waals surface area contributed by atoms with Gasteiger partial charge in [0.25, 0.3) is 0 Å². The van der Waals surface area contributed by atoms with Crippen molar-refractivity contribution in [3.63, 3.8) is 0 Å². The molecule has 4 heteroatoms. The molecule has 0 saturated heterocycles. The van der Waals surface area contributed by atoms with Crippen LogP contribution in [0.4, 0.5) is 4.39 Å². The molecular weight excluding hydrogens is 265 g/mol. The lowest BCUT2D eigenvalue weighted by atomic mass is 10.2. The van der Waals surface area contributed by atoms with Gasteiger partial charge in [0.1, 0.15) is 18.2 Å². The zero-order chi connectivity index (χ0) is 13.7. The Morgan fingerprint density at radius 1 is 1.16 bits per heavy atom. The largest absolute Gasteiger partial charge is 0.489 e. The lowest BCUT2D eigenvalue weighted by Gasteiger charge is -2.08. The van der Waals surface area contributed by atoms with Crippen LogP contribution in [0.1, 0.15) is 11.1 Å². The van der Waals surface area contributed by atoms with Crippen LogP contribution in [0.25, 0.3) is 0 Å². The quantitative estimate of drug-likeness (QED) is 0.899. The van der Waals surface area contributed by atoms with Gasteiger partial charge in [0.05, 0.1) is 5.02 Å². The predicted molar refractivity (Wildman–Crippen MR) is 74.9 cm³/mol. The second kappa shape index (κ2) is 6.55. The minimum Gasteiger partial charge on any atom is -0.489 e. The Bertz CT molecular complexity index is 560. The lowest BCUT2D eigenvalue weighted by molar-refractivity contribution is 0.305.